The van der Waals surface area contributed by atoms with Crippen molar-refractivity contribution in [2.75, 3.05) is 6.61 Å². The largest absolute Gasteiger partial charge is 0.498 e. The first kappa shape index (κ1) is 19.0. The molecule has 0 amide bonds. The van der Waals surface area contributed by atoms with Gasteiger partial charge in [0.25, 0.3) is 0 Å². The summed E-state index contributed by atoms with van der Waals surface area (Å²) in [5.74, 6) is 3.42. The van der Waals surface area contributed by atoms with E-state index in [1.54, 1.807) is 0 Å². The molecule has 0 saturated heterocycles. The Bertz CT molecular complexity index is 665. The van der Waals surface area contributed by atoms with E-state index in [4.69, 9.17) is 4.74 Å². The van der Waals surface area contributed by atoms with Crippen LogP contribution in [0.15, 0.2) is 33.6 Å². The Balaban J connectivity index is 1.70. The van der Waals surface area contributed by atoms with Crippen LogP contribution in [0.5, 0.6) is 0 Å². The smallest absolute Gasteiger partial charge is 0.0962 e. The predicted molar refractivity (Wildman–Crippen MR) is 115 cm³/mol. The fraction of sp³-hybridized carbons (Fsp3) is 0.739. The Hall–Kier alpha value is -0.290. The second-order valence-corrected chi connectivity index (χ2v) is 10.9. The number of hydrogen-bond donors (Lipinski definition) is 1. The summed E-state index contributed by atoms with van der Waals surface area (Å²) in [6.07, 6.45) is 11.3. The zero-order valence-electron chi connectivity index (χ0n) is 16.4. The number of aliphatic hydroxyl groups excluding tert-OH is 1. The van der Waals surface area contributed by atoms with Crippen molar-refractivity contribution in [2.45, 2.75) is 65.4 Å². The normalized spacial score (nSPS) is 47.2. The summed E-state index contributed by atoms with van der Waals surface area (Å²) < 4.78 is 7.10. The van der Waals surface area contributed by atoms with Gasteiger partial charge >= 0.3 is 0 Å². The number of allylic oxidation sites excluding steroid dienone is 5. The third-order valence-corrected chi connectivity index (χ3v) is 9.12. The van der Waals surface area contributed by atoms with Crippen LogP contribution in [0.4, 0.5) is 0 Å². The van der Waals surface area contributed by atoms with Gasteiger partial charge in [0.05, 0.1) is 18.5 Å². The van der Waals surface area contributed by atoms with Crippen LogP contribution in [0.2, 0.25) is 0 Å². The van der Waals surface area contributed by atoms with Crippen molar-refractivity contribution in [1.82, 2.24) is 0 Å². The molecule has 0 heterocycles. The highest BCUT2D eigenvalue weighted by molar-refractivity contribution is 14.1. The molecule has 3 heteroatoms. The number of fused-ring (bicyclic) bond motifs is 5. The lowest BCUT2D eigenvalue weighted by Gasteiger charge is -2.58. The Kier molecular flexibility index (Phi) is 4.87. The third-order valence-electron chi connectivity index (χ3n) is 8.37. The molecule has 0 spiro atoms. The van der Waals surface area contributed by atoms with Crippen LogP contribution < -0.4 is 0 Å². The lowest BCUT2D eigenvalue weighted by Crippen LogP contribution is -2.55. The molecule has 144 valence electrons. The van der Waals surface area contributed by atoms with E-state index in [2.05, 4.69) is 62.1 Å². The summed E-state index contributed by atoms with van der Waals surface area (Å²) in [4.78, 5) is 0. The minimum absolute atomic E-state index is 0.101. The Morgan fingerprint density at radius 3 is 2.85 bits per heavy atom. The molecule has 0 aromatic carbocycles. The van der Waals surface area contributed by atoms with Gasteiger partial charge in [0, 0.05) is 6.42 Å². The van der Waals surface area contributed by atoms with Crippen LogP contribution in [0.3, 0.4) is 0 Å². The number of ether oxygens (including phenoxy) is 1. The van der Waals surface area contributed by atoms with E-state index in [1.807, 2.05) is 0 Å². The molecule has 0 aliphatic heterocycles. The Labute approximate surface area is 172 Å². The summed E-state index contributed by atoms with van der Waals surface area (Å²) in [6.45, 7) is 11.9. The molecule has 2 unspecified atom stereocenters. The maximum atomic E-state index is 11.4. The molecule has 26 heavy (non-hydrogen) atoms. The van der Waals surface area contributed by atoms with Gasteiger partial charge in [0.15, 0.2) is 0 Å². The number of rotatable bonds is 3. The van der Waals surface area contributed by atoms with Gasteiger partial charge in [-0.2, -0.15) is 0 Å². The monoisotopic (exact) mass is 468 g/mol. The quantitative estimate of drug-likeness (QED) is 0.514. The van der Waals surface area contributed by atoms with Crippen molar-refractivity contribution in [1.29, 1.82) is 0 Å². The van der Waals surface area contributed by atoms with Crippen molar-refractivity contribution < 1.29 is 9.84 Å². The predicted octanol–water partition coefficient (Wildman–Crippen LogP) is 6.02. The van der Waals surface area contributed by atoms with Crippen molar-refractivity contribution in [3.05, 3.63) is 33.6 Å². The lowest BCUT2D eigenvalue weighted by atomic mass is 9.47. The molecule has 0 bridgehead atoms. The van der Waals surface area contributed by atoms with Crippen LogP contribution in [0.1, 0.15) is 59.3 Å². The lowest BCUT2D eigenvalue weighted by molar-refractivity contribution is -0.114. The Morgan fingerprint density at radius 1 is 1.38 bits per heavy atom. The molecule has 2 saturated carbocycles. The van der Waals surface area contributed by atoms with Gasteiger partial charge in [-0.3, -0.25) is 0 Å². The maximum absolute atomic E-state index is 11.4. The summed E-state index contributed by atoms with van der Waals surface area (Å²) in [7, 11) is 0. The first-order valence-electron chi connectivity index (χ1n) is 10.4. The minimum atomic E-state index is -0.201. The standard InChI is InChI=1S/C23H33IO2/c1-5-26-16-10-11-22(3)15(12-16)6-7-17-19-9-8-18(14(2)24)23(19,4)13-20(25)21(17)22/h6,12,17-21,25H,2,5,7-11,13H2,1,3-4H3/t17-,18+,19?,20-,21?,22-,23+/m0/s1. The molecule has 0 radical (unpaired) electrons. The molecule has 2 nitrogen and oxygen atoms in total. The molecule has 4 aliphatic carbocycles. The summed E-state index contributed by atoms with van der Waals surface area (Å²) in [6, 6.07) is 0. The molecule has 0 aromatic heterocycles. The SMILES string of the molecule is C=C(I)[C@H]1CCC2[C@@H]3CC=C4C=C(OCC)CC[C@]4(C)C3[C@@H](O)C[C@@]21C. The number of aliphatic hydroxyl groups is 1. The van der Waals surface area contributed by atoms with Gasteiger partial charge in [-0.15, -0.1) is 0 Å². The van der Waals surface area contributed by atoms with Crippen molar-refractivity contribution in [2.24, 2.45) is 34.5 Å². The second-order valence-electron chi connectivity index (χ2n) is 9.51. The topological polar surface area (TPSA) is 29.5 Å². The Morgan fingerprint density at radius 2 is 2.15 bits per heavy atom. The second kappa shape index (κ2) is 6.65. The van der Waals surface area contributed by atoms with Crippen molar-refractivity contribution in [3.63, 3.8) is 0 Å². The van der Waals surface area contributed by atoms with E-state index in [-0.39, 0.29) is 16.9 Å². The maximum Gasteiger partial charge on any atom is 0.0962 e. The van der Waals surface area contributed by atoms with E-state index in [0.717, 1.165) is 44.0 Å². The molecular weight excluding hydrogens is 435 g/mol. The molecule has 4 rings (SSSR count). The van der Waals surface area contributed by atoms with Gasteiger partial charge in [-0.25, -0.2) is 0 Å². The van der Waals surface area contributed by atoms with Gasteiger partial charge in [0.2, 0.25) is 0 Å². The molecule has 1 N–H and O–H groups in total. The van der Waals surface area contributed by atoms with Gasteiger partial charge in [0.1, 0.15) is 0 Å². The van der Waals surface area contributed by atoms with Crippen LogP contribution in [0, 0.1) is 34.5 Å². The average Bonchev–Trinajstić information content (AvgIpc) is 2.91. The number of hydrogen-bond acceptors (Lipinski definition) is 2. The van der Waals surface area contributed by atoms with Crippen molar-refractivity contribution in [3.8, 4) is 0 Å². The summed E-state index contributed by atoms with van der Waals surface area (Å²) in [5.41, 5.74) is 1.74. The first-order valence-corrected chi connectivity index (χ1v) is 11.5. The average molecular weight is 468 g/mol. The zero-order chi connectivity index (χ0) is 18.7. The van der Waals surface area contributed by atoms with E-state index < -0.39 is 0 Å². The van der Waals surface area contributed by atoms with Gasteiger partial charge < -0.3 is 9.84 Å². The summed E-state index contributed by atoms with van der Waals surface area (Å²) in [5, 5.41) is 11.4. The van der Waals surface area contributed by atoms with Crippen LogP contribution in [0.25, 0.3) is 0 Å². The van der Waals surface area contributed by atoms with E-state index in [9.17, 15) is 5.11 Å². The first-order chi connectivity index (χ1) is 12.3. The molecule has 4 aliphatic rings. The zero-order valence-corrected chi connectivity index (χ0v) is 18.6. The van der Waals surface area contributed by atoms with Gasteiger partial charge in [-0.05, 0) is 111 Å². The third kappa shape index (κ3) is 2.67. The fourth-order valence-corrected chi connectivity index (χ4v) is 8.27. The molecule has 0 aromatic rings. The van der Waals surface area contributed by atoms with E-state index in [0.29, 0.717) is 17.8 Å². The fourth-order valence-electron chi connectivity index (χ4n) is 7.25. The van der Waals surface area contributed by atoms with Crippen LogP contribution in [-0.4, -0.2) is 17.8 Å². The molecular formula is C23H33IO2. The number of halogens is 1. The highest BCUT2D eigenvalue weighted by atomic mass is 127. The van der Waals surface area contributed by atoms with Crippen LogP contribution >= 0.6 is 22.6 Å². The highest BCUT2D eigenvalue weighted by Crippen LogP contribution is 2.67. The van der Waals surface area contributed by atoms with Gasteiger partial charge in [-0.1, -0.05) is 26.5 Å². The van der Waals surface area contributed by atoms with Crippen LogP contribution in [-0.2, 0) is 4.74 Å². The minimum Gasteiger partial charge on any atom is -0.498 e. The highest BCUT2D eigenvalue weighted by Gasteiger charge is 2.61. The van der Waals surface area contributed by atoms with Crippen molar-refractivity contribution >= 4 is 22.6 Å². The summed E-state index contributed by atoms with van der Waals surface area (Å²) >= 11 is 2.43. The molecule has 2 fully saturated rings. The molecule has 7 atom stereocenters. The van der Waals surface area contributed by atoms with E-state index >= 15 is 0 Å². The van der Waals surface area contributed by atoms with E-state index in [1.165, 1.54) is 22.0 Å².